The summed E-state index contributed by atoms with van der Waals surface area (Å²) >= 11 is 13.1. The van der Waals surface area contributed by atoms with Crippen LogP contribution in [0.15, 0.2) is 36.5 Å². The third-order valence-electron chi connectivity index (χ3n) is 5.04. The topological polar surface area (TPSA) is 110 Å². The molecule has 2 aromatic carbocycles. The fraction of sp³-hybridized carbons (Fsp3) is 0.190. The molecule has 1 atom stereocenters. The number of aromatic hydroxyl groups is 1. The SMILES string of the molecule is CC(C)c1cc2c(ccn2-c2c(Cl)cc(N3NC(C#N)C(=O)NC3=O)cc2Cl)cc1O. The van der Waals surface area contributed by atoms with E-state index in [1.165, 1.54) is 12.1 Å². The lowest BCUT2D eigenvalue weighted by Gasteiger charge is -2.30. The molecule has 0 spiro atoms. The van der Waals surface area contributed by atoms with E-state index in [9.17, 15) is 14.7 Å². The van der Waals surface area contributed by atoms with E-state index >= 15 is 0 Å². The summed E-state index contributed by atoms with van der Waals surface area (Å²) in [5, 5.41) is 23.8. The Hall–Kier alpha value is -3.25. The van der Waals surface area contributed by atoms with Crippen LogP contribution in [0.2, 0.25) is 10.0 Å². The Balaban J connectivity index is 1.80. The van der Waals surface area contributed by atoms with Gasteiger partial charge in [0.2, 0.25) is 0 Å². The van der Waals surface area contributed by atoms with Gasteiger partial charge in [-0.05, 0) is 41.8 Å². The number of anilines is 1. The van der Waals surface area contributed by atoms with E-state index in [1.54, 1.807) is 22.9 Å². The molecule has 31 heavy (non-hydrogen) atoms. The average molecular weight is 458 g/mol. The molecule has 1 aromatic heterocycles. The van der Waals surface area contributed by atoms with Crippen molar-refractivity contribution in [3.8, 4) is 17.5 Å². The predicted molar refractivity (Wildman–Crippen MR) is 118 cm³/mol. The summed E-state index contributed by atoms with van der Waals surface area (Å²) < 4.78 is 1.81. The van der Waals surface area contributed by atoms with Crippen molar-refractivity contribution in [1.82, 2.24) is 15.3 Å². The number of rotatable bonds is 3. The van der Waals surface area contributed by atoms with Crippen LogP contribution in [0, 0.1) is 11.3 Å². The molecule has 2 heterocycles. The van der Waals surface area contributed by atoms with E-state index in [1.807, 2.05) is 26.0 Å². The third kappa shape index (κ3) is 3.57. The van der Waals surface area contributed by atoms with Crippen molar-refractivity contribution in [3.63, 3.8) is 0 Å². The number of phenolic OH excluding ortho intramolecular Hbond substituents is 1. The fourth-order valence-electron chi connectivity index (χ4n) is 3.51. The summed E-state index contributed by atoms with van der Waals surface area (Å²) in [5.41, 5.74) is 4.90. The average Bonchev–Trinajstić information content (AvgIpc) is 3.09. The van der Waals surface area contributed by atoms with Gasteiger partial charge in [-0.2, -0.15) is 10.7 Å². The smallest absolute Gasteiger partial charge is 0.343 e. The monoisotopic (exact) mass is 457 g/mol. The van der Waals surface area contributed by atoms with E-state index in [0.717, 1.165) is 21.5 Å². The van der Waals surface area contributed by atoms with E-state index < -0.39 is 18.0 Å². The molecule has 3 N–H and O–H groups in total. The van der Waals surface area contributed by atoms with Gasteiger partial charge in [0.1, 0.15) is 5.75 Å². The van der Waals surface area contributed by atoms with Gasteiger partial charge in [-0.15, -0.1) is 0 Å². The lowest BCUT2D eigenvalue weighted by atomic mass is 10.0. The molecule has 4 rings (SSSR count). The Kier molecular flexibility index (Phi) is 5.27. The lowest BCUT2D eigenvalue weighted by molar-refractivity contribution is -0.121. The van der Waals surface area contributed by atoms with E-state index in [-0.39, 0.29) is 27.4 Å². The molecule has 1 saturated heterocycles. The standard InChI is InChI=1S/C21H17Cl2N5O3/c1-10(2)13-8-17-11(5-18(13)29)3-4-27(17)19-14(22)6-12(7-15(19)23)28-21(31)25-20(30)16(9-24)26-28/h3-8,10,16,26,29H,1-2H3,(H,25,30,31). The largest absolute Gasteiger partial charge is 0.508 e. The number of nitrogens with one attached hydrogen (secondary N) is 2. The number of carbonyl (C=O) groups is 2. The zero-order valence-corrected chi connectivity index (χ0v) is 18.0. The van der Waals surface area contributed by atoms with Crippen molar-refractivity contribution in [2.45, 2.75) is 25.8 Å². The lowest BCUT2D eigenvalue weighted by Crippen LogP contribution is -2.64. The van der Waals surface area contributed by atoms with Gasteiger partial charge in [0.25, 0.3) is 5.91 Å². The number of imide groups is 1. The molecule has 3 aromatic rings. The van der Waals surface area contributed by atoms with Crippen molar-refractivity contribution in [2.24, 2.45) is 0 Å². The number of amides is 3. The highest BCUT2D eigenvalue weighted by molar-refractivity contribution is 6.38. The first-order valence-corrected chi connectivity index (χ1v) is 10.1. The molecule has 1 aliphatic heterocycles. The summed E-state index contributed by atoms with van der Waals surface area (Å²) in [6, 6.07) is 8.22. The fourth-order valence-corrected chi connectivity index (χ4v) is 4.17. The maximum Gasteiger partial charge on any atom is 0.343 e. The molecule has 1 unspecified atom stereocenters. The van der Waals surface area contributed by atoms with Crippen molar-refractivity contribution in [2.75, 3.05) is 5.01 Å². The minimum atomic E-state index is -1.23. The molecule has 1 fully saturated rings. The van der Waals surface area contributed by atoms with Gasteiger partial charge in [-0.3, -0.25) is 10.1 Å². The van der Waals surface area contributed by atoms with Crippen molar-refractivity contribution in [1.29, 1.82) is 5.26 Å². The normalized spacial score (nSPS) is 16.6. The second kappa shape index (κ2) is 7.78. The first-order valence-electron chi connectivity index (χ1n) is 9.35. The highest BCUT2D eigenvalue weighted by Gasteiger charge is 2.33. The number of hydrazine groups is 1. The number of nitrogens with zero attached hydrogens (tertiary/aromatic N) is 3. The maximum absolute atomic E-state index is 12.2. The Labute approximate surface area is 187 Å². The number of hydrogen-bond donors (Lipinski definition) is 3. The highest BCUT2D eigenvalue weighted by Crippen LogP contribution is 2.38. The molecule has 10 heteroatoms. The summed E-state index contributed by atoms with van der Waals surface area (Å²) in [7, 11) is 0. The Morgan fingerprint density at radius 2 is 1.84 bits per heavy atom. The number of benzene rings is 2. The first-order chi connectivity index (χ1) is 14.7. The van der Waals surface area contributed by atoms with Crippen LogP contribution < -0.4 is 15.8 Å². The van der Waals surface area contributed by atoms with Crippen LogP contribution in [0.5, 0.6) is 5.75 Å². The molecule has 0 bridgehead atoms. The van der Waals surface area contributed by atoms with Crippen LogP contribution in [0.3, 0.4) is 0 Å². The Morgan fingerprint density at radius 3 is 2.45 bits per heavy atom. The number of urea groups is 1. The number of fused-ring (bicyclic) bond motifs is 1. The van der Waals surface area contributed by atoms with Crippen molar-refractivity contribution < 1.29 is 14.7 Å². The van der Waals surface area contributed by atoms with Crippen molar-refractivity contribution >= 4 is 51.7 Å². The Morgan fingerprint density at radius 1 is 1.16 bits per heavy atom. The van der Waals surface area contributed by atoms with Crippen LogP contribution in [0.1, 0.15) is 25.3 Å². The van der Waals surface area contributed by atoms with Crippen LogP contribution in [0.25, 0.3) is 16.6 Å². The minimum absolute atomic E-state index is 0.112. The van der Waals surface area contributed by atoms with Crippen LogP contribution in [0.4, 0.5) is 10.5 Å². The predicted octanol–water partition coefficient (Wildman–Crippen LogP) is 4.22. The molecule has 0 radical (unpaired) electrons. The number of halogens is 2. The first kappa shape index (κ1) is 21.0. The maximum atomic E-state index is 12.2. The van der Waals surface area contributed by atoms with Gasteiger partial charge in [-0.1, -0.05) is 37.0 Å². The third-order valence-corrected chi connectivity index (χ3v) is 5.62. The van der Waals surface area contributed by atoms with E-state index in [2.05, 4.69) is 10.7 Å². The highest BCUT2D eigenvalue weighted by atomic mass is 35.5. The van der Waals surface area contributed by atoms with Crippen LogP contribution >= 0.6 is 23.2 Å². The van der Waals surface area contributed by atoms with Gasteiger partial charge >= 0.3 is 6.03 Å². The molecule has 8 nitrogen and oxygen atoms in total. The van der Waals surface area contributed by atoms with E-state index in [0.29, 0.717) is 5.69 Å². The summed E-state index contributed by atoms with van der Waals surface area (Å²) in [5.74, 6) is -0.405. The van der Waals surface area contributed by atoms with Gasteiger partial charge in [0.05, 0.1) is 33.0 Å². The number of hydrogen-bond acceptors (Lipinski definition) is 5. The van der Waals surface area contributed by atoms with E-state index in [4.69, 9.17) is 28.5 Å². The number of nitriles is 1. The van der Waals surface area contributed by atoms with Gasteiger partial charge in [0, 0.05) is 11.6 Å². The molecular weight excluding hydrogens is 441 g/mol. The molecule has 1 aliphatic rings. The molecular formula is C21H17Cl2N5O3. The zero-order valence-electron chi connectivity index (χ0n) is 16.5. The quantitative estimate of drug-likeness (QED) is 0.545. The summed E-state index contributed by atoms with van der Waals surface area (Å²) in [6.07, 6.45) is 1.79. The molecule has 0 saturated carbocycles. The molecule has 0 aliphatic carbocycles. The second-order valence-corrected chi connectivity index (χ2v) is 8.20. The zero-order chi connectivity index (χ0) is 22.4. The number of phenols is 1. The van der Waals surface area contributed by atoms with Gasteiger partial charge in [-0.25, -0.2) is 9.80 Å². The number of aromatic nitrogens is 1. The Bertz CT molecular complexity index is 1250. The van der Waals surface area contributed by atoms with Crippen LogP contribution in [-0.2, 0) is 4.79 Å². The summed E-state index contributed by atoms with van der Waals surface area (Å²) in [6.45, 7) is 3.97. The second-order valence-electron chi connectivity index (χ2n) is 7.39. The van der Waals surface area contributed by atoms with Crippen LogP contribution in [-0.4, -0.2) is 27.7 Å². The summed E-state index contributed by atoms with van der Waals surface area (Å²) in [4.78, 5) is 23.9. The number of carbonyl (C=O) groups excluding carboxylic acids is 2. The van der Waals surface area contributed by atoms with Crippen molar-refractivity contribution in [3.05, 3.63) is 52.1 Å². The molecule has 158 valence electrons. The van der Waals surface area contributed by atoms with Gasteiger partial charge < -0.3 is 9.67 Å². The minimum Gasteiger partial charge on any atom is -0.508 e. The van der Waals surface area contributed by atoms with Gasteiger partial charge in [0.15, 0.2) is 6.04 Å². The molecule has 3 amide bonds.